The Morgan fingerprint density at radius 1 is 1.28 bits per heavy atom. The van der Waals surface area contributed by atoms with Gasteiger partial charge in [0, 0.05) is 0 Å². The molecule has 0 saturated heterocycles. The van der Waals surface area contributed by atoms with Crippen molar-refractivity contribution in [2.24, 2.45) is 16.8 Å². The van der Waals surface area contributed by atoms with Crippen LogP contribution in [0, 0.1) is 5.92 Å². The molecule has 0 radical (unpaired) electrons. The summed E-state index contributed by atoms with van der Waals surface area (Å²) in [5.41, 5.74) is 5.54. The molecule has 1 amide bonds. The minimum Gasteiger partial charge on any atom is -0.372 e. The number of hydrogen-bond donors (Lipinski definition) is 3. The zero-order valence-electron chi connectivity index (χ0n) is 10.3. The largest absolute Gasteiger partial charge is 0.372 e. The zero-order valence-corrected chi connectivity index (χ0v) is 11.1. The summed E-state index contributed by atoms with van der Waals surface area (Å²) in [6.45, 7) is 3.62. The first-order valence-electron chi connectivity index (χ1n) is 5.41. The zero-order chi connectivity index (χ0) is 13.9. The van der Waals surface area contributed by atoms with E-state index in [1.807, 2.05) is 13.8 Å². The van der Waals surface area contributed by atoms with Crippen molar-refractivity contribution in [2.45, 2.75) is 24.8 Å². The first-order chi connectivity index (χ1) is 8.23. The van der Waals surface area contributed by atoms with Crippen molar-refractivity contribution in [3.8, 4) is 0 Å². The van der Waals surface area contributed by atoms with Crippen LogP contribution in [0.25, 0.3) is 0 Å². The van der Waals surface area contributed by atoms with E-state index in [4.69, 9.17) is 10.9 Å². The molecule has 7 heteroatoms. The van der Waals surface area contributed by atoms with Gasteiger partial charge in [-0.15, -0.1) is 0 Å². The number of nitrogens with two attached hydrogens (primary N) is 2. The van der Waals surface area contributed by atoms with Crippen molar-refractivity contribution < 1.29 is 13.2 Å². The lowest BCUT2D eigenvalue weighted by molar-refractivity contribution is -0.119. The predicted octanol–water partition coefficient (Wildman–Crippen LogP) is 0.256. The Hall–Kier alpha value is -1.60. The molecule has 0 saturated carbocycles. The normalized spacial score (nSPS) is 13.3. The van der Waals surface area contributed by atoms with Gasteiger partial charge < -0.3 is 11.1 Å². The van der Waals surface area contributed by atoms with E-state index in [0.29, 0.717) is 0 Å². The first kappa shape index (κ1) is 14.5. The van der Waals surface area contributed by atoms with Crippen molar-refractivity contribution in [2.75, 3.05) is 5.32 Å². The average Bonchev–Trinajstić information content (AvgIpc) is 2.24. The fourth-order valence-corrected chi connectivity index (χ4v) is 2.27. The van der Waals surface area contributed by atoms with Crippen LogP contribution < -0.4 is 16.2 Å². The van der Waals surface area contributed by atoms with Gasteiger partial charge in [-0.2, -0.15) is 0 Å². The van der Waals surface area contributed by atoms with Crippen LogP contribution in [0.4, 0.5) is 5.69 Å². The van der Waals surface area contributed by atoms with E-state index in [1.54, 1.807) is 12.1 Å². The molecule has 18 heavy (non-hydrogen) atoms. The van der Waals surface area contributed by atoms with Crippen molar-refractivity contribution in [1.29, 1.82) is 0 Å². The number of primary amides is 1. The summed E-state index contributed by atoms with van der Waals surface area (Å²) in [7, 11) is -3.85. The standard InChI is InChI=1S/C11H17N3O3S/c1-7(2)10(11(12)15)14-8-5-3-4-6-9(8)18(13,16)17/h3-7,10,14H,1-2H3,(H2,12,15)(H2,13,16,17). The number of carbonyl (C=O) groups is 1. The van der Waals surface area contributed by atoms with Crippen molar-refractivity contribution in [3.63, 3.8) is 0 Å². The van der Waals surface area contributed by atoms with E-state index in [9.17, 15) is 13.2 Å². The van der Waals surface area contributed by atoms with Crippen LogP contribution in [-0.2, 0) is 14.8 Å². The maximum Gasteiger partial charge on any atom is 0.240 e. The van der Waals surface area contributed by atoms with Gasteiger partial charge in [0.1, 0.15) is 10.9 Å². The van der Waals surface area contributed by atoms with Gasteiger partial charge in [-0.3, -0.25) is 4.79 Å². The lowest BCUT2D eigenvalue weighted by Gasteiger charge is -2.21. The summed E-state index contributed by atoms with van der Waals surface area (Å²) in [5, 5.41) is 7.92. The lowest BCUT2D eigenvalue weighted by Crippen LogP contribution is -2.40. The second kappa shape index (κ2) is 5.36. The summed E-state index contributed by atoms with van der Waals surface area (Å²) >= 11 is 0. The summed E-state index contributed by atoms with van der Waals surface area (Å²) < 4.78 is 22.8. The minimum atomic E-state index is -3.85. The molecule has 5 N–H and O–H groups in total. The van der Waals surface area contributed by atoms with Gasteiger partial charge in [0.25, 0.3) is 0 Å². The SMILES string of the molecule is CC(C)C(Nc1ccccc1S(N)(=O)=O)C(N)=O. The molecule has 1 aromatic carbocycles. The Morgan fingerprint density at radius 3 is 2.28 bits per heavy atom. The van der Waals surface area contributed by atoms with Gasteiger partial charge in [0.05, 0.1) is 5.69 Å². The van der Waals surface area contributed by atoms with Gasteiger partial charge >= 0.3 is 0 Å². The summed E-state index contributed by atoms with van der Waals surface area (Å²) in [5.74, 6) is -0.620. The van der Waals surface area contributed by atoms with Crippen LogP contribution in [0.1, 0.15) is 13.8 Å². The van der Waals surface area contributed by atoms with Crippen molar-refractivity contribution in [1.82, 2.24) is 0 Å². The second-order valence-corrected chi connectivity index (χ2v) is 5.84. The van der Waals surface area contributed by atoms with Crippen molar-refractivity contribution >= 4 is 21.6 Å². The van der Waals surface area contributed by atoms with E-state index in [-0.39, 0.29) is 16.5 Å². The molecule has 1 atom stereocenters. The quantitative estimate of drug-likeness (QED) is 0.712. The predicted molar refractivity (Wildman–Crippen MR) is 69.3 cm³/mol. The second-order valence-electron chi connectivity index (χ2n) is 4.31. The third-order valence-electron chi connectivity index (χ3n) is 2.48. The van der Waals surface area contributed by atoms with Crippen LogP contribution >= 0.6 is 0 Å². The lowest BCUT2D eigenvalue weighted by atomic mass is 10.0. The molecule has 0 aliphatic rings. The third-order valence-corrected chi connectivity index (χ3v) is 3.45. The fraction of sp³-hybridized carbons (Fsp3) is 0.364. The maximum absolute atomic E-state index is 11.4. The van der Waals surface area contributed by atoms with Gasteiger partial charge in [0.15, 0.2) is 0 Å². The Balaban J connectivity index is 3.15. The summed E-state index contributed by atoms with van der Waals surface area (Å²) in [6, 6.07) is 5.45. The molecular weight excluding hydrogens is 254 g/mol. The molecule has 0 aliphatic carbocycles. The number of hydrogen-bond acceptors (Lipinski definition) is 4. The first-order valence-corrected chi connectivity index (χ1v) is 6.96. The minimum absolute atomic E-state index is 0.0584. The highest BCUT2D eigenvalue weighted by molar-refractivity contribution is 7.89. The fourth-order valence-electron chi connectivity index (χ4n) is 1.57. The molecule has 0 aromatic heterocycles. The summed E-state index contributed by atoms with van der Waals surface area (Å²) in [6.07, 6.45) is 0. The molecule has 100 valence electrons. The number of para-hydroxylation sites is 1. The Morgan fingerprint density at radius 2 is 1.83 bits per heavy atom. The van der Waals surface area contributed by atoms with Gasteiger partial charge in [-0.1, -0.05) is 26.0 Å². The van der Waals surface area contributed by atoms with Crippen LogP contribution in [-0.4, -0.2) is 20.4 Å². The number of anilines is 1. The van der Waals surface area contributed by atoms with E-state index in [0.717, 1.165) is 0 Å². The van der Waals surface area contributed by atoms with E-state index >= 15 is 0 Å². The molecule has 1 rings (SSSR count). The van der Waals surface area contributed by atoms with Crippen molar-refractivity contribution in [3.05, 3.63) is 24.3 Å². The molecule has 0 aliphatic heterocycles. The van der Waals surface area contributed by atoms with Crippen LogP contribution in [0.3, 0.4) is 0 Å². The maximum atomic E-state index is 11.4. The number of carbonyl (C=O) groups excluding carboxylic acids is 1. The molecule has 0 bridgehead atoms. The van der Waals surface area contributed by atoms with E-state index in [1.165, 1.54) is 12.1 Å². The number of benzene rings is 1. The third kappa shape index (κ3) is 3.44. The highest BCUT2D eigenvalue weighted by atomic mass is 32.2. The smallest absolute Gasteiger partial charge is 0.240 e. The molecular formula is C11H17N3O3S. The highest BCUT2D eigenvalue weighted by Crippen LogP contribution is 2.21. The Bertz CT molecular complexity index is 540. The number of rotatable bonds is 5. The van der Waals surface area contributed by atoms with E-state index < -0.39 is 22.0 Å². The highest BCUT2D eigenvalue weighted by Gasteiger charge is 2.22. The Labute approximate surface area is 106 Å². The van der Waals surface area contributed by atoms with Gasteiger partial charge in [-0.05, 0) is 18.1 Å². The van der Waals surface area contributed by atoms with Crippen LogP contribution in [0.2, 0.25) is 0 Å². The number of primary sulfonamides is 1. The van der Waals surface area contributed by atoms with Gasteiger partial charge in [0.2, 0.25) is 15.9 Å². The van der Waals surface area contributed by atoms with E-state index in [2.05, 4.69) is 5.32 Å². The topological polar surface area (TPSA) is 115 Å². The summed E-state index contributed by atoms with van der Waals surface area (Å²) in [4.78, 5) is 11.2. The average molecular weight is 271 g/mol. The monoisotopic (exact) mass is 271 g/mol. The van der Waals surface area contributed by atoms with Crippen LogP contribution in [0.15, 0.2) is 29.2 Å². The van der Waals surface area contributed by atoms with Crippen LogP contribution in [0.5, 0.6) is 0 Å². The number of amides is 1. The number of sulfonamides is 1. The Kier molecular flexibility index (Phi) is 4.31. The molecule has 0 spiro atoms. The molecule has 0 fully saturated rings. The molecule has 1 unspecified atom stereocenters. The van der Waals surface area contributed by atoms with Gasteiger partial charge in [-0.25, -0.2) is 13.6 Å². The number of nitrogens with one attached hydrogen (secondary N) is 1. The molecule has 0 heterocycles. The molecule has 1 aromatic rings. The molecule has 6 nitrogen and oxygen atoms in total.